The van der Waals surface area contributed by atoms with Crippen molar-refractivity contribution in [3.8, 4) is 0 Å². The van der Waals surface area contributed by atoms with Crippen molar-refractivity contribution < 1.29 is 4.79 Å². The third kappa shape index (κ3) is 2.84. The maximum Gasteiger partial charge on any atom is 0.246 e. The van der Waals surface area contributed by atoms with Gasteiger partial charge in [0.05, 0.1) is 0 Å². The van der Waals surface area contributed by atoms with Gasteiger partial charge >= 0.3 is 0 Å². The zero-order valence-electron chi connectivity index (χ0n) is 19.1. The van der Waals surface area contributed by atoms with Gasteiger partial charge in [-0.1, -0.05) is 32.4 Å². The van der Waals surface area contributed by atoms with Gasteiger partial charge in [0.15, 0.2) is 0 Å². The van der Waals surface area contributed by atoms with Crippen molar-refractivity contribution in [3.05, 3.63) is 47.3 Å². The van der Waals surface area contributed by atoms with Crippen LogP contribution >= 0.6 is 0 Å². The van der Waals surface area contributed by atoms with Gasteiger partial charge in [0.2, 0.25) is 5.91 Å². The number of aryl methyl sites for hydroxylation is 1. The lowest BCUT2D eigenvalue weighted by Crippen LogP contribution is -2.49. The van der Waals surface area contributed by atoms with Crippen LogP contribution < -0.4 is 0 Å². The van der Waals surface area contributed by atoms with E-state index in [1.54, 1.807) is 5.57 Å². The number of aromatic nitrogens is 1. The first kappa shape index (κ1) is 20.0. The number of nitrogens with zero attached hydrogens (tertiary/aromatic N) is 2. The summed E-state index contributed by atoms with van der Waals surface area (Å²) < 4.78 is 0. The standard InChI is InChI=1S/C27H36N2O/c1-5-18-14-19(17-28-16-18)22-8-9-23-21-7-6-20-15-25(30)29(4)13-12-26(20,2)24(21)10-11-27(22,23)3/h8,14-17,21,23-24H,5-7,9-13H2,1-4H3. The van der Waals surface area contributed by atoms with E-state index in [4.69, 9.17) is 0 Å². The fraction of sp³-hybridized carbons (Fsp3) is 0.630. The van der Waals surface area contributed by atoms with Crippen molar-refractivity contribution in [1.82, 2.24) is 9.88 Å². The largest absolute Gasteiger partial charge is 0.342 e. The lowest BCUT2D eigenvalue weighted by atomic mass is 9.47. The highest BCUT2D eigenvalue weighted by Gasteiger charge is 2.57. The van der Waals surface area contributed by atoms with E-state index in [9.17, 15) is 4.79 Å². The van der Waals surface area contributed by atoms with Gasteiger partial charge in [-0.2, -0.15) is 0 Å². The highest BCUT2D eigenvalue weighted by atomic mass is 16.2. The molecule has 2 saturated carbocycles. The maximum atomic E-state index is 12.5. The fourth-order valence-corrected chi connectivity index (χ4v) is 7.52. The van der Waals surface area contributed by atoms with Gasteiger partial charge in [-0.15, -0.1) is 0 Å². The van der Waals surface area contributed by atoms with Crippen LogP contribution in [0.25, 0.3) is 5.57 Å². The summed E-state index contributed by atoms with van der Waals surface area (Å²) in [5, 5.41) is 0. The van der Waals surface area contributed by atoms with Gasteiger partial charge in [-0.3, -0.25) is 9.78 Å². The zero-order chi connectivity index (χ0) is 21.1. The van der Waals surface area contributed by atoms with Crippen LogP contribution in [-0.4, -0.2) is 29.4 Å². The van der Waals surface area contributed by atoms with Gasteiger partial charge in [0, 0.05) is 32.1 Å². The molecular weight excluding hydrogens is 368 g/mol. The van der Waals surface area contributed by atoms with Crippen LogP contribution in [-0.2, 0) is 11.2 Å². The minimum Gasteiger partial charge on any atom is -0.342 e. The average Bonchev–Trinajstić information content (AvgIpc) is 3.05. The molecule has 3 nitrogen and oxygen atoms in total. The minimum atomic E-state index is 0.192. The third-order valence-corrected chi connectivity index (χ3v) is 9.47. The summed E-state index contributed by atoms with van der Waals surface area (Å²) in [6.45, 7) is 8.11. The molecule has 0 bridgehead atoms. The quantitative estimate of drug-likeness (QED) is 0.636. The lowest BCUT2D eigenvalue weighted by Gasteiger charge is -2.57. The van der Waals surface area contributed by atoms with Crippen LogP contribution in [0.15, 0.2) is 36.2 Å². The molecule has 1 aromatic heterocycles. The molecule has 3 heteroatoms. The van der Waals surface area contributed by atoms with Crippen LogP contribution in [0.2, 0.25) is 0 Å². The molecule has 1 amide bonds. The number of fused-ring (bicyclic) bond motifs is 5. The van der Waals surface area contributed by atoms with Crippen LogP contribution in [0.5, 0.6) is 0 Å². The molecule has 1 aliphatic heterocycles. The van der Waals surface area contributed by atoms with Crippen molar-refractivity contribution in [2.75, 3.05) is 13.6 Å². The molecule has 5 rings (SSSR count). The van der Waals surface area contributed by atoms with E-state index in [0.717, 1.165) is 37.6 Å². The summed E-state index contributed by atoms with van der Waals surface area (Å²) in [5.41, 5.74) is 6.13. The molecule has 0 radical (unpaired) electrons. The van der Waals surface area contributed by atoms with E-state index < -0.39 is 0 Å². The van der Waals surface area contributed by atoms with Crippen molar-refractivity contribution in [3.63, 3.8) is 0 Å². The first-order valence-electron chi connectivity index (χ1n) is 12.0. The summed E-state index contributed by atoms with van der Waals surface area (Å²) in [6.07, 6.45) is 16.9. The zero-order valence-corrected chi connectivity index (χ0v) is 19.1. The SMILES string of the molecule is CCc1cncc(C2=CCC3C4CCC5=CC(=O)N(C)CCC5(C)C4CCC23C)c1. The molecule has 2 fully saturated rings. The average molecular weight is 405 g/mol. The summed E-state index contributed by atoms with van der Waals surface area (Å²) in [4.78, 5) is 19.0. The molecule has 5 unspecified atom stereocenters. The smallest absolute Gasteiger partial charge is 0.246 e. The maximum absolute atomic E-state index is 12.5. The number of pyridine rings is 1. The number of allylic oxidation sites excluding steroid dienone is 3. The molecule has 0 N–H and O–H groups in total. The van der Waals surface area contributed by atoms with E-state index in [0.29, 0.717) is 5.92 Å². The van der Waals surface area contributed by atoms with Crippen molar-refractivity contribution in [2.24, 2.45) is 28.6 Å². The Labute approximate surface area is 181 Å². The molecule has 160 valence electrons. The molecule has 5 atom stereocenters. The molecule has 0 saturated heterocycles. The number of hydrogen-bond donors (Lipinski definition) is 0. The van der Waals surface area contributed by atoms with Gasteiger partial charge in [-0.05, 0) is 96.3 Å². The summed E-state index contributed by atoms with van der Waals surface area (Å²) in [5.74, 6) is 2.41. The Balaban J connectivity index is 1.46. The highest BCUT2D eigenvalue weighted by Crippen LogP contribution is 2.66. The van der Waals surface area contributed by atoms with Crippen LogP contribution in [0, 0.1) is 28.6 Å². The van der Waals surface area contributed by atoms with Crippen molar-refractivity contribution in [2.45, 2.75) is 65.7 Å². The van der Waals surface area contributed by atoms with Crippen LogP contribution in [0.3, 0.4) is 0 Å². The Morgan fingerprint density at radius 2 is 1.97 bits per heavy atom. The van der Waals surface area contributed by atoms with E-state index in [2.05, 4.69) is 44.1 Å². The summed E-state index contributed by atoms with van der Waals surface area (Å²) >= 11 is 0. The molecule has 4 aliphatic rings. The van der Waals surface area contributed by atoms with Gasteiger partial charge in [-0.25, -0.2) is 0 Å². The van der Waals surface area contributed by atoms with E-state index >= 15 is 0 Å². The number of hydrogen-bond acceptors (Lipinski definition) is 2. The van der Waals surface area contributed by atoms with Gasteiger partial charge in [0.25, 0.3) is 0 Å². The molecule has 30 heavy (non-hydrogen) atoms. The minimum absolute atomic E-state index is 0.192. The summed E-state index contributed by atoms with van der Waals surface area (Å²) in [6, 6.07) is 2.37. The molecule has 1 aromatic rings. The topological polar surface area (TPSA) is 33.2 Å². The predicted octanol–water partition coefficient (Wildman–Crippen LogP) is 5.67. The number of carbonyl (C=O) groups is 1. The number of amides is 1. The first-order valence-corrected chi connectivity index (χ1v) is 12.0. The molecule has 0 aromatic carbocycles. The van der Waals surface area contributed by atoms with Gasteiger partial charge in [0.1, 0.15) is 0 Å². The number of rotatable bonds is 2. The lowest BCUT2D eigenvalue weighted by molar-refractivity contribution is -0.124. The monoisotopic (exact) mass is 404 g/mol. The normalized spacial score (nSPS) is 38.2. The Kier molecular flexibility index (Phi) is 4.72. The van der Waals surface area contributed by atoms with E-state index in [-0.39, 0.29) is 16.7 Å². The van der Waals surface area contributed by atoms with Crippen molar-refractivity contribution >= 4 is 11.5 Å². The fourth-order valence-electron chi connectivity index (χ4n) is 7.52. The Morgan fingerprint density at radius 3 is 2.77 bits per heavy atom. The highest BCUT2D eigenvalue weighted by molar-refractivity contribution is 5.88. The van der Waals surface area contributed by atoms with Gasteiger partial charge < -0.3 is 4.90 Å². The Hall–Kier alpha value is -1.90. The van der Waals surface area contributed by atoms with E-state index in [1.165, 1.54) is 42.4 Å². The third-order valence-electron chi connectivity index (χ3n) is 9.47. The first-order chi connectivity index (χ1) is 14.4. The molecular formula is C27H36N2O. The summed E-state index contributed by atoms with van der Waals surface area (Å²) in [7, 11) is 1.96. The van der Waals surface area contributed by atoms with Crippen LogP contribution in [0.1, 0.15) is 70.4 Å². The molecule has 2 heterocycles. The van der Waals surface area contributed by atoms with Crippen LogP contribution in [0.4, 0.5) is 0 Å². The second-order valence-corrected chi connectivity index (χ2v) is 10.8. The molecule has 3 aliphatic carbocycles. The second-order valence-electron chi connectivity index (χ2n) is 10.8. The van der Waals surface area contributed by atoms with E-state index in [1.807, 2.05) is 24.2 Å². The number of likely N-dealkylation sites (N-methyl/N-ethyl adjacent to an activating group) is 1. The Morgan fingerprint density at radius 1 is 1.13 bits per heavy atom. The Bertz CT molecular complexity index is 931. The second kappa shape index (κ2) is 7.07. The number of carbonyl (C=O) groups excluding carboxylic acids is 1. The van der Waals surface area contributed by atoms with Crippen molar-refractivity contribution in [1.29, 1.82) is 0 Å². The molecule has 0 spiro atoms. The predicted molar refractivity (Wildman–Crippen MR) is 122 cm³/mol.